The number of fused-ring (bicyclic) bond motifs is 1. The number of aryl methyl sites for hydroxylation is 1. The van der Waals surface area contributed by atoms with Gasteiger partial charge in [0.05, 0.1) is 22.8 Å². The van der Waals surface area contributed by atoms with Gasteiger partial charge in [0.25, 0.3) is 11.5 Å². The molecule has 2 atom stereocenters. The lowest BCUT2D eigenvalue weighted by Crippen LogP contribution is -2.49. The second-order valence-corrected chi connectivity index (χ2v) is 9.47. The van der Waals surface area contributed by atoms with Crippen molar-refractivity contribution in [2.45, 2.75) is 37.4 Å². The zero-order valence-electron chi connectivity index (χ0n) is 20.1. The molecule has 3 aromatic rings. The number of nitrogens with one attached hydrogen (secondary N) is 2. The second-order valence-electron chi connectivity index (χ2n) is 9.47. The van der Waals surface area contributed by atoms with Gasteiger partial charge >= 0.3 is 6.18 Å². The normalized spacial score (nSPS) is 21.3. The third kappa shape index (κ3) is 4.45. The average Bonchev–Trinajstić information content (AvgIpc) is 3.49. The Morgan fingerprint density at radius 3 is 2.56 bits per heavy atom. The van der Waals surface area contributed by atoms with E-state index in [1.165, 1.54) is 11.6 Å². The molecule has 1 aliphatic heterocycles. The van der Waals surface area contributed by atoms with Crippen LogP contribution in [0.25, 0.3) is 11.0 Å². The molecule has 1 saturated carbocycles. The summed E-state index contributed by atoms with van der Waals surface area (Å²) in [6.45, 7) is 3.38. The van der Waals surface area contributed by atoms with E-state index in [0.29, 0.717) is 17.6 Å². The first kappa shape index (κ1) is 24.3. The first-order valence-corrected chi connectivity index (χ1v) is 12.0. The average molecular weight is 504 g/mol. The highest BCUT2D eigenvalue weighted by Gasteiger charge is 2.37. The third-order valence-electron chi connectivity index (χ3n) is 7.35. The van der Waals surface area contributed by atoms with Crippen LogP contribution in [0.3, 0.4) is 0 Å². The van der Waals surface area contributed by atoms with Crippen molar-refractivity contribution in [3.8, 4) is 0 Å². The van der Waals surface area contributed by atoms with Crippen molar-refractivity contribution < 1.29 is 18.0 Å². The van der Waals surface area contributed by atoms with E-state index >= 15 is 0 Å². The number of anilines is 1. The summed E-state index contributed by atoms with van der Waals surface area (Å²) in [5.74, 6) is 0.242. The summed E-state index contributed by atoms with van der Waals surface area (Å²) in [6.07, 6.45) is 0.593. The van der Waals surface area contributed by atoms with Gasteiger partial charge in [0, 0.05) is 58.4 Å². The summed E-state index contributed by atoms with van der Waals surface area (Å²) in [4.78, 5) is 40.3. The number of amides is 1. The molecule has 36 heavy (non-hydrogen) atoms. The molecule has 2 aliphatic rings. The maximum Gasteiger partial charge on any atom is 0.418 e. The number of alkyl halides is 3. The van der Waals surface area contributed by atoms with Gasteiger partial charge in [0.2, 0.25) is 0 Å². The Morgan fingerprint density at radius 2 is 1.92 bits per heavy atom. The predicted molar refractivity (Wildman–Crippen MR) is 128 cm³/mol. The summed E-state index contributed by atoms with van der Waals surface area (Å²) >= 11 is 0. The van der Waals surface area contributed by atoms with Crippen molar-refractivity contribution in [1.82, 2.24) is 29.7 Å². The molecule has 4 heterocycles. The van der Waals surface area contributed by atoms with Crippen LogP contribution in [0.2, 0.25) is 0 Å². The molecule has 1 aliphatic carbocycles. The Bertz CT molecular complexity index is 1320. The fraction of sp³-hybridized carbons (Fsp3) is 0.500. The van der Waals surface area contributed by atoms with Crippen molar-refractivity contribution in [3.63, 3.8) is 0 Å². The number of aromatic nitrogens is 4. The number of H-pyrrole nitrogens is 1. The molecule has 2 N–H and O–H groups in total. The third-order valence-corrected chi connectivity index (χ3v) is 7.35. The molecule has 0 radical (unpaired) electrons. The van der Waals surface area contributed by atoms with E-state index < -0.39 is 22.7 Å². The van der Waals surface area contributed by atoms with Gasteiger partial charge in [-0.3, -0.25) is 14.5 Å². The smallest absolute Gasteiger partial charge is 0.368 e. The van der Waals surface area contributed by atoms with E-state index in [1.807, 2.05) is 6.07 Å². The summed E-state index contributed by atoms with van der Waals surface area (Å²) < 4.78 is 41.3. The van der Waals surface area contributed by atoms with Crippen LogP contribution in [0.4, 0.5) is 18.9 Å². The maximum absolute atomic E-state index is 13.3. The molecule has 1 amide bonds. The molecule has 9 nitrogen and oxygen atoms in total. The Labute approximate surface area is 205 Å². The van der Waals surface area contributed by atoms with Gasteiger partial charge in [-0.05, 0) is 31.4 Å². The predicted octanol–water partition coefficient (Wildman–Crippen LogP) is 2.49. The van der Waals surface area contributed by atoms with Gasteiger partial charge in [-0.15, -0.1) is 0 Å². The lowest BCUT2D eigenvalue weighted by Gasteiger charge is -2.39. The Balaban J connectivity index is 1.24. The fourth-order valence-electron chi connectivity index (χ4n) is 5.42. The highest BCUT2D eigenvalue weighted by molar-refractivity contribution is 5.92. The van der Waals surface area contributed by atoms with E-state index in [2.05, 4.69) is 30.1 Å². The Kier molecular flexibility index (Phi) is 6.23. The van der Waals surface area contributed by atoms with Gasteiger partial charge in [-0.1, -0.05) is 0 Å². The number of piperazine rings is 1. The summed E-state index contributed by atoms with van der Waals surface area (Å²) in [6, 6.07) is 3.95. The number of halogens is 3. The second kappa shape index (κ2) is 9.23. The molecule has 0 aromatic carbocycles. The van der Waals surface area contributed by atoms with E-state index in [9.17, 15) is 22.8 Å². The van der Waals surface area contributed by atoms with Gasteiger partial charge < -0.3 is 19.8 Å². The SMILES string of the molecule is CNC(=O)c1ccc(N2CCN(C3CCC(c4nc5c(c(C(F)(F)F)cn5C)c(=O)[nH]4)C3)CC2)cn1. The minimum atomic E-state index is -4.61. The number of aromatic amines is 1. The molecule has 2 fully saturated rings. The number of hydrogen-bond donors (Lipinski definition) is 2. The van der Waals surface area contributed by atoms with Crippen LogP contribution in [-0.2, 0) is 13.2 Å². The lowest BCUT2D eigenvalue weighted by molar-refractivity contribution is -0.136. The zero-order chi connectivity index (χ0) is 25.6. The molecule has 0 bridgehead atoms. The van der Waals surface area contributed by atoms with Crippen molar-refractivity contribution >= 4 is 22.6 Å². The number of nitrogens with zero attached hydrogens (tertiary/aromatic N) is 5. The molecule has 12 heteroatoms. The van der Waals surface area contributed by atoms with E-state index in [-0.39, 0.29) is 17.5 Å². The molecule has 0 spiro atoms. The van der Waals surface area contributed by atoms with E-state index in [1.54, 1.807) is 19.3 Å². The van der Waals surface area contributed by atoms with Crippen LogP contribution in [0.1, 0.15) is 47.1 Å². The van der Waals surface area contributed by atoms with Gasteiger partial charge in [0.15, 0.2) is 0 Å². The highest BCUT2D eigenvalue weighted by atomic mass is 19.4. The van der Waals surface area contributed by atoms with E-state index in [0.717, 1.165) is 57.3 Å². The quantitative estimate of drug-likeness (QED) is 0.568. The minimum Gasteiger partial charge on any atom is -0.368 e. The zero-order valence-corrected chi connectivity index (χ0v) is 20.1. The topological polar surface area (TPSA) is 99.1 Å². The largest absolute Gasteiger partial charge is 0.418 e. The van der Waals surface area contributed by atoms with Crippen LogP contribution >= 0.6 is 0 Å². The molecule has 1 saturated heterocycles. The fourth-order valence-corrected chi connectivity index (χ4v) is 5.42. The Morgan fingerprint density at radius 1 is 1.17 bits per heavy atom. The number of carbonyl (C=O) groups excluding carboxylic acids is 1. The molecular weight excluding hydrogens is 475 g/mol. The molecule has 2 unspecified atom stereocenters. The molecule has 192 valence electrons. The van der Waals surface area contributed by atoms with Crippen molar-refractivity contribution in [2.75, 3.05) is 38.1 Å². The van der Waals surface area contributed by atoms with Crippen LogP contribution < -0.4 is 15.8 Å². The number of pyridine rings is 1. The highest BCUT2D eigenvalue weighted by Crippen LogP contribution is 2.37. The standard InChI is InChI=1S/C24H28F3N7O2/c1-28-22(35)18-6-5-16(12-29-18)34-9-7-33(8-10-34)15-4-3-14(11-15)20-30-21-19(23(36)31-20)17(13-32(21)2)24(25,26)27/h5-6,12-15H,3-4,7-11H2,1-2H3,(H,28,35)(H,30,31,36). The molecule has 3 aromatic heterocycles. The minimum absolute atomic E-state index is 0.00387. The van der Waals surface area contributed by atoms with Gasteiger partial charge in [-0.25, -0.2) is 9.97 Å². The van der Waals surface area contributed by atoms with Gasteiger partial charge in [-0.2, -0.15) is 13.2 Å². The van der Waals surface area contributed by atoms with Crippen molar-refractivity contribution in [1.29, 1.82) is 0 Å². The van der Waals surface area contributed by atoms with Crippen LogP contribution in [0, 0.1) is 0 Å². The molecular formula is C24H28F3N7O2. The lowest BCUT2D eigenvalue weighted by atomic mass is 10.1. The summed E-state index contributed by atoms with van der Waals surface area (Å²) in [5, 5.41) is 2.16. The van der Waals surface area contributed by atoms with Crippen LogP contribution in [0.15, 0.2) is 29.3 Å². The number of hydrogen-bond acceptors (Lipinski definition) is 6. The Hall–Kier alpha value is -3.41. The number of carbonyl (C=O) groups is 1. The van der Waals surface area contributed by atoms with Crippen LogP contribution in [-0.4, -0.2) is 69.6 Å². The molecule has 5 rings (SSSR count). The number of rotatable bonds is 4. The first-order chi connectivity index (χ1) is 17.2. The maximum atomic E-state index is 13.3. The van der Waals surface area contributed by atoms with E-state index in [4.69, 9.17) is 0 Å². The summed E-state index contributed by atoms with van der Waals surface area (Å²) in [7, 11) is 3.05. The first-order valence-electron chi connectivity index (χ1n) is 12.0. The van der Waals surface area contributed by atoms with Crippen molar-refractivity contribution in [2.24, 2.45) is 7.05 Å². The monoisotopic (exact) mass is 503 g/mol. The van der Waals surface area contributed by atoms with Crippen LogP contribution in [0.5, 0.6) is 0 Å². The summed E-state index contributed by atoms with van der Waals surface area (Å²) in [5.41, 5.74) is -0.277. The van der Waals surface area contributed by atoms with Crippen molar-refractivity contribution in [3.05, 3.63) is 52.0 Å². The van der Waals surface area contributed by atoms with Gasteiger partial charge in [0.1, 0.15) is 17.2 Å².